The molecule has 3 rings (SSSR count). The molecule has 1 amide bonds. The number of amides is 1. The first-order chi connectivity index (χ1) is 12.2. The number of carbonyl (C=O) groups excluding carboxylic acids is 1. The zero-order valence-electron chi connectivity index (χ0n) is 15.2. The molecule has 1 fully saturated rings. The third-order valence-electron chi connectivity index (χ3n) is 4.54. The molecule has 2 heterocycles. The molecule has 0 spiro atoms. The van der Waals surface area contributed by atoms with Gasteiger partial charge in [-0.25, -0.2) is 4.79 Å². The predicted octanol–water partition coefficient (Wildman–Crippen LogP) is 3.67. The maximum absolute atomic E-state index is 12.5. The van der Waals surface area contributed by atoms with E-state index in [0.29, 0.717) is 31.1 Å². The highest BCUT2D eigenvalue weighted by atomic mass is 79.9. The van der Waals surface area contributed by atoms with E-state index < -0.39 is 5.60 Å². The molecule has 26 heavy (non-hydrogen) atoms. The first kappa shape index (κ1) is 19.6. The number of benzene rings is 1. The van der Waals surface area contributed by atoms with Gasteiger partial charge in [-0.1, -0.05) is 11.6 Å². The van der Waals surface area contributed by atoms with Crippen molar-refractivity contribution in [3.8, 4) is 5.75 Å². The van der Waals surface area contributed by atoms with Gasteiger partial charge in [0.1, 0.15) is 18.0 Å². The van der Waals surface area contributed by atoms with Crippen LogP contribution >= 0.6 is 27.5 Å². The van der Waals surface area contributed by atoms with E-state index in [1.807, 2.05) is 26.8 Å². The summed E-state index contributed by atoms with van der Waals surface area (Å²) in [4.78, 5) is 16.4. The van der Waals surface area contributed by atoms with Gasteiger partial charge in [0, 0.05) is 28.1 Å². The second-order valence-electron chi connectivity index (χ2n) is 7.63. The first-order valence-electron chi connectivity index (χ1n) is 8.68. The predicted molar refractivity (Wildman–Crippen MR) is 104 cm³/mol. The molecule has 144 valence electrons. The Hall–Kier alpha value is -1.18. The fourth-order valence-corrected chi connectivity index (χ4v) is 4.51. The van der Waals surface area contributed by atoms with Gasteiger partial charge in [-0.15, -0.1) is 0 Å². The van der Waals surface area contributed by atoms with Crippen LogP contribution in [0.15, 0.2) is 16.6 Å². The van der Waals surface area contributed by atoms with E-state index in [1.54, 1.807) is 11.0 Å². The summed E-state index contributed by atoms with van der Waals surface area (Å²) in [6.07, 6.45) is 0.284. The molecular formula is C18H24BrClN2O4. The average molecular weight is 448 g/mol. The van der Waals surface area contributed by atoms with Crippen molar-refractivity contribution >= 4 is 39.3 Å². The lowest BCUT2D eigenvalue weighted by molar-refractivity contribution is 0.0174. The smallest absolute Gasteiger partial charge is 0.410 e. The van der Waals surface area contributed by atoms with Crippen LogP contribution in [-0.2, 0) is 4.74 Å². The Balaban J connectivity index is 1.83. The summed E-state index contributed by atoms with van der Waals surface area (Å²) < 4.78 is 12.1. The quantitative estimate of drug-likeness (QED) is 0.749. The lowest BCUT2D eigenvalue weighted by Gasteiger charge is -2.36. The van der Waals surface area contributed by atoms with Gasteiger partial charge in [-0.3, -0.25) is 0 Å². The SMILES string of the molecule is CC(C)(C)OC(=O)N1C[C@@H](N2CCOc3cc(Cl)cc(Br)c32)C[C@H]1CO. The lowest BCUT2D eigenvalue weighted by atomic mass is 10.1. The van der Waals surface area contributed by atoms with Gasteiger partial charge in [0.25, 0.3) is 0 Å². The van der Waals surface area contributed by atoms with Crippen molar-refractivity contribution in [2.45, 2.75) is 44.9 Å². The van der Waals surface area contributed by atoms with Crippen molar-refractivity contribution < 1.29 is 19.4 Å². The topological polar surface area (TPSA) is 62.2 Å². The zero-order valence-corrected chi connectivity index (χ0v) is 17.5. The summed E-state index contributed by atoms with van der Waals surface area (Å²) in [7, 11) is 0. The molecule has 0 radical (unpaired) electrons. The second-order valence-corrected chi connectivity index (χ2v) is 8.93. The van der Waals surface area contributed by atoms with Crippen LogP contribution in [0.25, 0.3) is 0 Å². The molecule has 2 aliphatic heterocycles. The van der Waals surface area contributed by atoms with Crippen LogP contribution in [-0.4, -0.2) is 60.1 Å². The number of aliphatic hydroxyl groups excluding tert-OH is 1. The number of rotatable bonds is 2. The molecule has 0 saturated carbocycles. The van der Waals surface area contributed by atoms with Crippen molar-refractivity contribution in [2.24, 2.45) is 0 Å². The summed E-state index contributed by atoms with van der Waals surface area (Å²) in [5, 5.41) is 10.4. The summed E-state index contributed by atoms with van der Waals surface area (Å²) in [5.41, 5.74) is 0.369. The van der Waals surface area contributed by atoms with Crippen molar-refractivity contribution in [1.29, 1.82) is 0 Å². The molecule has 1 aromatic carbocycles. The molecular weight excluding hydrogens is 424 g/mol. The monoisotopic (exact) mass is 446 g/mol. The van der Waals surface area contributed by atoms with E-state index in [9.17, 15) is 9.90 Å². The third kappa shape index (κ3) is 4.05. The minimum absolute atomic E-state index is 0.0693. The molecule has 0 aliphatic carbocycles. The minimum atomic E-state index is -0.569. The number of nitrogens with zero attached hydrogens (tertiary/aromatic N) is 2. The summed E-state index contributed by atoms with van der Waals surface area (Å²) >= 11 is 9.71. The number of fused-ring (bicyclic) bond motifs is 1. The van der Waals surface area contributed by atoms with E-state index in [2.05, 4.69) is 20.8 Å². The number of carbonyl (C=O) groups is 1. The van der Waals surface area contributed by atoms with E-state index >= 15 is 0 Å². The van der Waals surface area contributed by atoms with Gasteiger partial charge in [0.2, 0.25) is 0 Å². The van der Waals surface area contributed by atoms with Crippen molar-refractivity contribution in [2.75, 3.05) is 31.2 Å². The van der Waals surface area contributed by atoms with Crippen molar-refractivity contribution in [3.05, 3.63) is 21.6 Å². The Morgan fingerprint density at radius 1 is 1.46 bits per heavy atom. The van der Waals surface area contributed by atoms with Crippen LogP contribution in [0, 0.1) is 0 Å². The number of halogens is 2. The Morgan fingerprint density at radius 3 is 2.85 bits per heavy atom. The normalized spacial score (nSPS) is 22.8. The van der Waals surface area contributed by atoms with Crippen LogP contribution in [0.3, 0.4) is 0 Å². The number of hydrogen-bond donors (Lipinski definition) is 1. The van der Waals surface area contributed by atoms with Gasteiger partial charge < -0.3 is 24.4 Å². The minimum Gasteiger partial charge on any atom is -0.489 e. The lowest BCUT2D eigenvalue weighted by Crippen LogP contribution is -2.44. The highest BCUT2D eigenvalue weighted by molar-refractivity contribution is 9.10. The molecule has 1 aromatic rings. The van der Waals surface area contributed by atoms with E-state index in [0.717, 1.165) is 15.9 Å². The van der Waals surface area contributed by atoms with E-state index in [-0.39, 0.29) is 24.8 Å². The molecule has 1 N–H and O–H groups in total. The molecule has 2 aliphatic rings. The Morgan fingerprint density at radius 2 is 2.19 bits per heavy atom. The maximum Gasteiger partial charge on any atom is 0.410 e. The van der Waals surface area contributed by atoms with Gasteiger partial charge in [0.15, 0.2) is 0 Å². The standard InChI is InChI=1S/C18H24BrClN2O4/c1-18(2,3)26-17(24)22-9-12(8-13(22)10-23)21-4-5-25-15-7-11(20)6-14(19)16(15)21/h6-7,12-13,23H,4-5,8-10H2,1-3H3/t12-,13-/m0/s1. The number of aliphatic hydroxyl groups is 1. The molecule has 6 nitrogen and oxygen atoms in total. The number of ether oxygens (including phenoxy) is 2. The van der Waals surface area contributed by atoms with Gasteiger partial charge in [-0.05, 0) is 49.2 Å². The Bertz CT molecular complexity index is 695. The second kappa shape index (κ2) is 7.44. The molecule has 0 bridgehead atoms. The van der Waals surface area contributed by atoms with Crippen molar-refractivity contribution in [3.63, 3.8) is 0 Å². The van der Waals surface area contributed by atoms with Crippen LogP contribution in [0.2, 0.25) is 5.02 Å². The largest absolute Gasteiger partial charge is 0.489 e. The number of anilines is 1. The molecule has 2 atom stereocenters. The van der Waals surface area contributed by atoms with Gasteiger partial charge in [-0.2, -0.15) is 0 Å². The molecule has 1 saturated heterocycles. The van der Waals surface area contributed by atoms with Crippen LogP contribution in [0.1, 0.15) is 27.2 Å². The first-order valence-corrected chi connectivity index (χ1v) is 9.85. The maximum atomic E-state index is 12.5. The number of likely N-dealkylation sites (tertiary alicyclic amines) is 1. The van der Waals surface area contributed by atoms with Gasteiger partial charge >= 0.3 is 6.09 Å². The van der Waals surface area contributed by atoms with E-state index in [4.69, 9.17) is 21.1 Å². The zero-order chi connectivity index (χ0) is 19.1. The highest BCUT2D eigenvalue weighted by Crippen LogP contribution is 2.43. The molecule has 8 heteroatoms. The fraction of sp³-hybridized carbons (Fsp3) is 0.611. The number of hydrogen-bond acceptors (Lipinski definition) is 5. The Labute approximate surface area is 167 Å². The van der Waals surface area contributed by atoms with Crippen LogP contribution in [0.5, 0.6) is 5.75 Å². The van der Waals surface area contributed by atoms with Crippen LogP contribution < -0.4 is 9.64 Å². The third-order valence-corrected chi connectivity index (χ3v) is 5.36. The van der Waals surface area contributed by atoms with Crippen LogP contribution in [0.4, 0.5) is 10.5 Å². The van der Waals surface area contributed by atoms with Gasteiger partial charge in [0.05, 0.1) is 24.9 Å². The average Bonchev–Trinajstić information content (AvgIpc) is 2.96. The van der Waals surface area contributed by atoms with E-state index in [1.165, 1.54) is 0 Å². The summed E-state index contributed by atoms with van der Waals surface area (Å²) in [6.45, 7) is 7.18. The summed E-state index contributed by atoms with van der Waals surface area (Å²) in [5.74, 6) is 0.729. The summed E-state index contributed by atoms with van der Waals surface area (Å²) in [6, 6.07) is 3.46. The highest BCUT2D eigenvalue weighted by Gasteiger charge is 2.41. The fourth-order valence-electron chi connectivity index (χ4n) is 3.50. The Kier molecular flexibility index (Phi) is 5.61. The van der Waals surface area contributed by atoms with Crippen molar-refractivity contribution in [1.82, 2.24) is 4.90 Å². The molecule has 0 aromatic heterocycles. The molecule has 0 unspecified atom stereocenters.